The van der Waals surface area contributed by atoms with E-state index < -0.39 is 12.1 Å². The van der Waals surface area contributed by atoms with E-state index in [1.807, 2.05) is 0 Å². The predicted octanol–water partition coefficient (Wildman–Crippen LogP) is 0.699. The minimum atomic E-state index is -1.10. The number of nitrogens with one attached hydrogen (secondary N) is 1. The van der Waals surface area contributed by atoms with Crippen molar-refractivity contribution in [3.05, 3.63) is 21.9 Å². The Morgan fingerprint density at radius 1 is 1.65 bits per heavy atom. The van der Waals surface area contributed by atoms with Crippen LogP contribution in [0.3, 0.4) is 0 Å². The Kier molecular flexibility index (Phi) is 4.46. The molecule has 0 atom stereocenters. The molecule has 1 aromatic rings. The van der Waals surface area contributed by atoms with Gasteiger partial charge in [0, 0.05) is 22.7 Å². The van der Waals surface area contributed by atoms with Crippen LogP contribution >= 0.6 is 11.3 Å². The molecule has 92 valence electrons. The molecule has 0 saturated carbocycles. The molecule has 0 aromatic carbocycles. The number of nitrogens with two attached hydrogens (primary N) is 1. The Bertz CT molecular complexity index is 455. The SMILES string of the molecule is CC(=O)ON=C(N)c1csc(CNC(=O)O)c1. The van der Waals surface area contributed by atoms with E-state index in [-0.39, 0.29) is 12.4 Å². The molecule has 0 saturated heterocycles. The number of hydrogen-bond acceptors (Lipinski definition) is 5. The molecule has 0 aliphatic heterocycles. The van der Waals surface area contributed by atoms with Crippen molar-refractivity contribution in [2.24, 2.45) is 10.9 Å². The molecule has 1 heterocycles. The Labute approximate surface area is 101 Å². The molecule has 4 N–H and O–H groups in total. The second-order valence-electron chi connectivity index (χ2n) is 3.02. The maximum Gasteiger partial charge on any atom is 0.404 e. The minimum Gasteiger partial charge on any atom is -0.465 e. The summed E-state index contributed by atoms with van der Waals surface area (Å²) in [5.74, 6) is -0.492. The van der Waals surface area contributed by atoms with Gasteiger partial charge >= 0.3 is 12.1 Å². The van der Waals surface area contributed by atoms with Gasteiger partial charge in [0.1, 0.15) is 0 Å². The third-order valence-corrected chi connectivity index (χ3v) is 2.57. The van der Waals surface area contributed by atoms with Crippen molar-refractivity contribution in [2.75, 3.05) is 0 Å². The van der Waals surface area contributed by atoms with Gasteiger partial charge in [0.15, 0.2) is 5.84 Å². The van der Waals surface area contributed by atoms with Gasteiger partial charge in [-0.05, 0) is 6.07 Å². The number of carbonyl (C=O) groups is 2. The number of thiophene rings is 1. The average molecular weight is 257 g/mol. The van der Waals surface area contributed by atoms with Crippen LogP contribution in [0.25, 0.3) is 0 Å². The topological polar surface area (TPSA) is 114 Å². The molecule has 1 amide bonds. The Hall–Kier alpha value is -2.09. The summed E-state index contributed by atoms with van der Waals surface area (Å²) in [7, 11) is 0. The normalized spacial score (nSPS) is 11.0. The first-order valence-corrected chi connectivity index (χ1v) is 5.42. The fourth-order valence-corrected chi connectivity index (χ4v) is 1.75. The summed E-state index contributed by atoms with van der Waals surface area (Å²) in [6, 6.07) is 1.67. The van der Waals surface area contributed by atoms with Crippen molar-refractivity contribution in [1.29, 1.82) is 0 Å². The lowest BCUT2D eigenvalue weighted by Gasteiger charge is -1.96. The lowest BCUT2D eigenvalue weighted by molar-refractivity contribution is -0.140. The molecule has 8 heteroatoms. The molecule has 0 aliphatic carbocycles. The lowest BCUT2D eigenvalue weighted by Crippen LogP contribution is -2.19. The van der Waals surface area contributed by atoms with Crippen molar-refractivity contribution in [1.82, 2.24) is 5.32 Å². The fourth-order valence-electron chi connectivity index (χ4n) is 0.937. The minimum absolute atomic E-state index is 0.0676. The first kappa shape index (κ1) is 13.0. The number of amides is 1. The van der Waals surface area contributed by atoms with Crippen molar-refractivity contribution in [3.8, 4) is 0 Å². The van der Waals surface area contributed by atoms with Crippen LogP contribution in [-0.2, 0) is 16.2 Å². The standard InChI is InChI=1S/C9H11N3O4S/c1-5(13)16-12-8(10)6-2-7(17-4-6)3-11-9(14)15/h2,4,11H,3H2,1H3,(H2,10,12)(H,14,15). The van der Waals surface area contributed by atoms with E-state index in [1.165, 1.54) is 18.3 Å². The molecule has 0 fully saturated rings. The van der Waals surface area contributed by atoms with Crippen LogP contribution < -0.4 is 11.1 Å². The molecule has 0 aliphatic rings. The third kappa shape index (κ3) is 4.51. The van der Waals surface area contributed by atoms with Gasteiger partial charge in [0.05, 0.1) is 6.54 Å². The van der Waals surface area contributed by atoms with E-state index in [9.17, 15) is 9.59 Å². The third-order valence-electron chi connectivity index (χ3n) is 1.64. The van der Waals surface area contributed by atoms with Gasteiger partial charge in [-0.15, -0.1) is 11.3 Å². The van der Waals surface area contributed by atoms with E-state index in [2.05, 4.69) is 15.3 Å². The van der Waals surface area contributed by atoms with Gasteiger partial charge < -0.3 is 21.0 Å². The number of oxime groups is 1. The molecule has 0 spiro atoms. The van der Waals surface area contributed by atoms with Gasteiger partial charge in [-0.25, -0.2) is 9.59 Å². The number of hydrogen-bond donors (Lipinski definition) is 3. The van der Waals surface area contributed by atoms with E-state index in [0.29, 0.717) is 5.56 Å². The molecular weight excluding hydrogens is 246 g/mol. The van der Waals surface area contributed by atoms with E-state index in [4.69, 9.17) is 10.8 Å². The van der Waals surface area contributed by atoms with E-state index in [0.717, 1.165) is 4.88 Å². The van der Waals surface area contributed by atoms with Gasteiger partial charge in [0.2, 0.25) is 0 Å². The zero-order valence-corrected chi connectivity index (χ0v) is 9.78. The molecule has 7 nitrogen and oxygen atoms in total. The van der Waals surface area contributed by atoms with Crippen LogP contribution in [0, 0.1) is 0 Å². The van der Waals surface area contributed by atoms with Crippen molar-refractivity contribution < 1.29 is 19.5 Å². The number of nitrogens with zero attached hydrogens (tertiary/aromatic N) is 1. The van der Waals surface area contributed by atoms with Crippen LogP contribution in [-0.4, -0.2) is 23.0 Å². The summed E-state index contributed by atoms with van der Waals surface area (Å²) in [4.78, 5) is 25.9. The molecule has 0 radical (unpaired) electrons. The average Bonchev–Trinajstić information content (AvgIpc) is 2.71. The molecule has 0 unspecified atom stereocenters. The van der Waals surface area contributed by atoms with Crippen LogP contribution in [0.4, 0.5) is 4.79 Å². The maximum absolute atomic E-state index is 10.5. The monoisotopic (exact) mass is 257 g/mol. The van der Waals surface area contributed by atoms with Crippen LogP contribution in [0.2, 0.25) is 0 Å². The van der Waals surface area contributed by atoms with Crippen LogP contribution in [0.1, 0.15) is 17.4 Å². The fraction of sp³-hybridized carbons (Fsp3) is 0.222. The smallest absolute Gasteiger partial charge is 0.404 e. The van der Waals surface area contributed by atoms with Gasteiger partial charge in [-0.1, -0.05) is 5.16 Å². The molecular formula is C9H11N3O4S. The number of amidine groups is 1. The van der Waals surface area contributed by atoms with E-state index in [1.54, 1.807) is 11.4 Å². The summed E-state index contributed by atoms with van der Waals surface area (Å²) in [5.41, 5.74) is 6.14. The van der Waals surface area contributed by atoms with E-state index >= 15 is 0 Å². The largest absolute Gasteiger partial charge is 0.465 e. The van der Waals surface area contributed by atoms with Gasteiger partial charge in [-0.3, -0.25) is 0 Å². The highest BCUT2D eigenvalue weighted by molar-refractivity contribution is 7.10. The highest BCUT2D eigenvalue weighted by Crippen LogP contribution is 2.14. The first-order valence-electron chi connectivity index (χ1n) is 4.54. The maximum atomic E-state index is 10.5. The lowest BCUT2D eigenvalue weighted by atomic mass is 10.3. The zero-order valence-electron chi connectivity index (χ0n) is 8.97. The number of carbonyl (C=O) groups excluding carboxylic acids is 1. The van der Waals surface area contributed by atoms with Crippen molar-refractivity contribution in [2.45, 2.75) is 13.5 Å². The van der Waals surface area contributed by atoms with Crippen molar-refractivity contribution >= 4 is 29.2 Å². The Morgan fingerprint density at radius 3 is 2.94 bits per heavy atom. The Morgan fingerprint density at radius 2 is 2.35 bits per heavy atom. The van der Waals surface area contributed by atoms with Gasteiger partial charge in [-0.2, -0.15) is 0 Å². The Balaban J connectivity index is 2.63. The second-order valence-corrected chi connectivity index (χ2v) is 4.02. The van der Waals surface area contributed by atoms with Crippen molar-refractivity contribution in [3.63, 3.8) is 0 Å². The summed E-state index contributed by atoms with van der Waals surface area (Å²) < 4.78 is 0. The molecule has 0 bridgehead atoms. The molecule has 1 rings (SSSR count). The van der Waals surface area contributed by atoms with Gasteiger partial charge in [0.25, 0.3) is 0 Å². The number of carboxylic acid groups (broad SMARTS) is 1. The highest BCUT2D eigenvalue weighted by atomic mass is 32.1. The summed E-state index contributed by atoms with van der Waals surface area (Å²) in [5, 5.41) is 15.8. The summed E-state index contributed by atoms with van der Waals surface area (Å²) >= 11 is 1.33. The zero-order chi connectivity index (χ0) is 12.8. The molecule has 1 aromatic heterocycles. The van der Waals surface area contributed by atoms with Crippen LogP contribution in [0.5, 0.6) is 0 Å². The van der Waals surface area contributed by atoms with Crippen LogP contribution in [0.15, 0.2) is 16.6 Å². The predicted molar refractivity (Wildman–Crippen MR) is 61.7 cm³/mol. The molecule has 17 heavy (non-hydrogen) atoms. The summed E-state index contributed by atoms with van der Waals surface area (Å²) in [6.45, 7) is 1.41. The first-order chi connectivity index (χ1) is 7.99. The number of rotatable bonds is 4. The quantitative estimate of drug-likeness (QED) is 0.318. The highest BCUT2D eigenvalue weighted by Gasteiger charge is 2.05. The second kappa shape index (κ2) is 5.85. The summed E-state index contributed by atoms with van der Waals surface area (Å²) in [6.07, 6.45) is -1.10.